The van der Waals surface area contributed by atoms with Crippen LogP contribution in [0.4, 0.5) is 5.82 Å². The molecule has 0 aliphatic carbocycles. The maximum atomic E-state index is 5.70. The Labute approximate surface area is 92.4 Å². The number of ether oxygens (including phenoxy) is 1. The SMILES string of the molecule is COc1cc(NC/C(Cl)=C/Cl)nn1C. The average molecular weight is 236 g/mol. The van der Waals surface area contributed by atoms with E-state index < -0.39 is 0 Å². The Hall–Kier alpha value is -0.870. The van der Waals surface area contributed by atoms with Gasteiger partial charge in [-0.05, 0) is 0 Å². The minimum Gasteiger partial charge on any atom is -0.481 e. The molecule has 78 valence electrons. The third-order valence-corrected chi connectivity index (χ3v) is 2.22. The molecule has 6 heteroatoms. The standard InChI is InChI=1S/C8H11Cl2N3O/c1-13-8(14-2)3-7(12-13)11-5-6(10)4-9/h3-4H,5H2,1-2H3,(H,11,12)/b6-4-. The number of aromatic nitrogens is 2. The predicted octanol–water partition coefficient (Wildman–Crippen LogP) is 2.16. The molecule has 0 atom stereocenters. The molecule has 14 heavy (non-hydrogen) atoms. The van der Waals surface area contributed by atoms with Crippen molar-refractivity contribution in [3.8, 4) is 5.88 Å². The smallest absolute Gasteiger partial charge is 0.213 e. The third kappa shape index (κ3) is 2.82. The number of halogens is 2. The fourth-order valence-electron chi connectivity index (χ4n) is 0.941. The molecule has 0 unspecified atom stereocenters. The molecule has 1 aromatic rings. The van der Waals surface area contributed by atoms with E-state index in [-0.39, 0.29) is 0 Å². The molecule has 1 aromatic heterocycles. The maximum Gasteiger partial charge on any atom is 0.213 e. The molecule has 0 aliphatic heterocycles. The second-order valence-electron chi connectivity index (χ2n) is 2.61. The maximum absolute atomic E-state index is 5.70. The number of rotatable bonds is 4. The summed E-state index contributed by atoms with van der Waals surface area (Å²) in [7, 11) is 3.38. The van der Waals surface area contributed by atoms with E-state index in [0.717, 1.165) is 0 Å². The van der Waals surface area contributed by atoms with Crippen LogP contribution in [0.3, 0.4) is 0 Å². The molecular formula is C8H11Cl2N3O. The number of hydrogen-bond donors (Lipinski definition) is 1. The minimum absolute atomic E-state index is 0.450. The zero-order chi connectivity index (χ0) is 10.6. The van der Waals surface area contributed by atoms with E-state index in [1.54, 1.807) is 24.9 Å². The van der Waals surface area contributed by atoms with E-state index in [4.69, 9.17) is 27.9 Å². The van der Waals surface area contributed by atoms with E-state index >= 15 is 0 Å². The Kier molecular flexibility index (Phi) is 4.10. The average Bonchev–Trinajstić information content (AvgIpc) is 2.55. The van der Waals surface area contributed by atoms with Crippen molar-refractivity contribution in [1.29, 1.82) is 0 Å². The zero-order valence-electron chi connectivity index (χ0n) is 7.92. The first-order valence-electron chi connectivity index (χ1n) is 3.94. The molecule has 0 saturated carbocycles. The first-order chi connectivity index (χ1) is 6.67. The van der Waals surface area contributed by atoms with Gasteiger partial charge < -0.3 is 10.1 Å². The lowest BCUT2D eigenvalue weighted by molar-refractivity contribution is 0.373. The van der Waals surface area contributed by atoms with Gasteiger partial charge >= 0.3 is 0 Å². The summed E-state index contributed by atoms with van der Waals surface area (Å²) in [5.74, 6) is 1.37. The van der Waals surface area contributed by atoms with Gasteiger partial charge in [-0.3, -0.25) is 0 Å². The van der Waals surface area contributed by atoms with Crippen LogP contribution < -0.4 is 10.1 Å². The van der Waals surface area contributed by atoms with Crippen LogP contribution in [-0.4, -0.2) is 23.4 Å². The van der Waals surface area contributed by atoms with Gasteiger partial charge in [-0.25, -0.2) is 4.68 Å². The number of aryl methyl sites for hydroxylation is 1. The molecule has 0 fully saturated rings. The lowest BCUT2D eigenvalue weighted by Gasteiger charge is -1.98. The van der Waals surface area contributed by atoms with Gasteiger partial charge in [-0.2, -0.15) is 5.10 Å². The van der Waals surface area contributed by atoms with Crippen LogP contribution in [0.1, 0.15) is 0 Å². The Balaban J connectivity index is 2.59. The van der Waals surface area contributed by atoms with E-state index in [9.17, 15) is 0 Å². The van der Waals surface area contributed by atoms with Crippen molar-refractivity contribution in [2.45, 2.75) is 0 Å². The fraction of sp³-hybridized carbons (Fsp3) is 0.375. The molecule has 0 aliphatic rings. The molecule has 0 radical (unpaired) electrons. The Morgan fingerprint density at radius 2 is 2.50 bits per heavy atom. The zero-order valence-corrected chi connectivity index (χ0v) is 9.43. The van der Waals surface area contributed by atoms with E-state index in [1.165, 1.54) is 5.54 Å². The van der Waals surface area contributed by atoms with Gasteiger partial charge in [0.25, 0.3) is 0 Å². The predicted molar refractivity (Wildman–Crippen MR) is 58.0 cm³/mol. The fourth-order valence-corrected chi connectivity index (χ4v) is 1.09. The second-order valence-corrected chi connectivity index (χ2v) is 3.31. The normalized spacial score (nSPS) is 11.6. The highest BCUT2D eigenvalue weighted by Gasteiger charge is 2.03. The molecule has 1 N–H and O–H groups in total. The van der Waals surface area contributed by atoms with Crippen LogP contribution in [-0.2, 0) is 7.05 Å². The summed E-state index contributed by atoms with van der Waals surface area (Å²) in [5, 5.41) is 7.66. The summed E-state index contributed by atoms with van der Waals surface area (Å²) < 4.78 is 6.67. The van der Waals surface area contributed by atoms with Crippen LogP contribution in [0, 0.1) is 0 Å². The van der Waals surface area contributed by atoms with E-state index in [2.05, 4.69) is 10.4 Å². The largest absolute Gasteiger partial charge is 0.481 e. The van der Waals surface area contributed by atoms with Crippen LogP contribution in [0.2, 0.25) is 0 Å². The molecular weight excluding hydrogens is 225 g/mol. The Morgan fingerprint density at radius 3 is 3.00 bits per heavy atom. The summed E-state index contributed by atoms with van der Waals surface area (Å²) >= 11 is 11.1. The van der Waals surface area contributed by atoms with Gasteiger partial charge in [0.15, 0.2) is 5.82 Å². The van der Waals surface area contributed by atoms with Gasteiger partial charge in [0.05, 0.1) is 13.7 Å². The van der Waals surface area contributed by atoms with E-state index in [0.29, 0.717) is 23.3 Å². The highest BCUT2D eigenvalue weighted by Crippen LogP contribution is 2.15. The highest BCUT2D eigenvalue weighted by atomic mass is 35.5. The van der Waals surface area contributed by atoms with Gasteiger partial charge in [0.1, 0.15) is 0 Å². The van der Waals surface area contributed by atoms with Crippen LogP contribution >= 0.6 is 23.2 Å². The van der Waals surface area contributed by atoms with Gasteiger partial charge in [0.2, 0.25) is 5.88 Å². The summed E-state index contributed by atoms with van der Waals surface area (Å²) in [6, 6.07) is 1.78. The van der Waals surface area contributed by atoms with E-state index in [1.807, 2.05) is 0 Å². The molecule has 0 spiro atoms. The number of nitrogens with zero attached hydrogens (tertiary/aromatic N) is 2. The molecule has 0 aromatic carbocycles. The first-order valence-corrected chi connectivity index (χ1v) is 4.75. The Morgan fingerprint density at radius 1 is 1.79 bits per heavy atom. The highest BCUT2D eigenvalue weighted by molar-refractivity contribution is 6.36. The summed E-state index contributed by atoms with van der Waals surface area (Å²) in [6.07, 6.45) is 0. The molecule has 4 nitrogen and oxygen atoms in total. The Bertz CT molecular complexity index is 335. The van der Waals surface area contributed by atoms with Crippen molar-refractivity contribution in [3.63, 3.8) is 0 Å². The quantitative estimate of drug-likeness (QED) is 0.870. The number of methoxy groups -OCH3 is 1. The molecule has 1 rings (SSSR count). The summed E-state index contributed by atoms with van der Waals surface area (Å²) in [6.45, 7) is 0.450. The minimum atomic E-state index is 0.450. The van der Waals surface area contributed by atoms with Gasteiger partial charge in [0, 0.05) is 23.7 Å². The third-order valence-electron chi connectivity index (χ3n) is 1.60. The lowest BCUT2D eigenvalue weighted by atomic mass is 10.5. The van der Waals surface area contributed by atoms with Crippen LogP contribution in [0.25, 0.3) is 0 Å². The molecule has 0 bridgehead atoms. The topological polar surface area (TPSA) is 39.1 Å². The number of nitrogens with one attached hydrogen (secondary N) is 1. The van der Waals surface area contributed by atoms with Crippen LogP contribution in [0.5, 0.6) is 5.88 Å². The van der Waals surface area contributed by atoms with Gasteiger partial charge in [-0.15, -0.1) is 0 Å². The molecule has 0 saturated heterocycles. The summed E-state index contributed by atoms with van der Waals surface area (Å²) in [4.78, 5) is 0. The van der Waals surface area contributed by atoms with Gasteiger partial charge in [-0.1, -0.05) is 23.2 Å². The lowest BCUT2D eigenvalue weighted by Crippen LogP contribution is -2.02. The summed E-state index contributed by atoms with van der Waals surface area (Å²) in [5.41, 5.74) is 1.31. The van der Waals surface area contributed by atoms with Crippen molar-refractivity contribution in [1.82, 2.24) is 9.78 Å². The second kappa shape index (κ2) is 5.12. The van der Waals surface area contributed by atoms with Crippen molar-refractivity contribution >= 4 is 29.0 Å². The van der Waals surface area contributed by atoms with Crippen molar-refractivity contribution < 1.29 is 4.74 Å². The number of anilines is 1. The molecule has 1 heterocycles. The van der Waals surface area contributed by atoms with Crippen LogP contribution in [0.15, 0.2) is 16.6 Å². The van der Waals surface area contributed by atoms with Crippen molar-refractivity contribution in [3.05, 3.63) is 16.6 Å². The number of hydrogen-bond acceptors (Lipinski definition) is 3. The van der Waals surface area contributed by atoms with Crippen molar-refractivity contribution in [2.75, 3.05) is 19.0 Å². The van der Waals surface area contributed by atoms with Crippen molar-refractivity contribution in [2.24, 2.45) is 7.05 Å². The molecule has 0 amide bonds. The monoisotopic (exact) mass is 235 g/mol. The first kappa shape index (κ1) is 11.2.